The zero-order valence-corrected chi connectivity index (χ0v) is 7.82. The van der Waals surface area contributed by atoms with Gasteiger partial charge in [-0.2, -0.15) is 0 Å². The Labute approximate surface area is 80.9 Å². The van der Waals surface area contributed by atoms with Gasteiger partial charge in [0, 0.05) is 7.05 Å². The molecule has 0 saturated carbocycles. The number of hydrogen-bond acceptors (Lipinski definition) is 3. The summed E-state index contributed by atoms with van der Waals surface area (Å²) in [6.07, 6.45) is 3.98. The number of nitrogens with zero attached hydrogens (tertiary/aromatic N) is 3. The van der Waals surface area contributed by atoms with Crippen molar-refractivity contribution >= 4 is 23.2 Å². The van der Waals surface area contributed by atoms with E-state index in [0.29, 0.717) is 5.69 Å². The summed E-state index contributed by atoms with van der Waals surface area (Å²) in [7, 11) is 1.58. The van der Waals surface area contributed by atoms with Gasteiger partial charge in [-0.3, -0.25) is 4.79 Å². The van der Waals surface area contributed by atoms with Crippen LogP contribution < -0.4 is 4.90 Å². The van der Waals surface area contributed by atoms with Crippen LogP contribution in [0.15, 0.2) is 25.2 Å². The van der Waals surface area contributed by atoms with E-state index in [1.165, 1.54) is 23.5 Å². The fourth-order valence-electron chi connectivity index (χ4n) is 0.788. The molecule has 5 heteroatoms. The minimum Gasteiger partial charge on any atom is -0.308 e. The molecule has 0 aliphatic rings. The molecule has 0 atom stereocenters. The Kier molecular flexibility index (Phi) is 2.97. The van der Waals surface area contributed by atoms with Crippen LogP contribution >= 0.6 is 11.6 Å². The van der Waals surface area contributed by atoms with E-state index in [1.807, 2.05) is 0 Å². The van der Waals surface area contributed by atoms with E-state index in [4.69, 9.17) is 11.6 Å². The van der Waals surface area contributed by atoms with Crippen molar-refractivity contribution in [3.8, 4) is 0 Å². The molecule has 0 N–H and O–H groups in total. The van der Waals surface area contributed by atoms with Gasteiger partial charge in [-0.05, 0) is 6.08 Å². The summed E-state index contributed by atoms with van der Waals surface area (Å²) in [5.41, 5.74) is 0.467. The molecule has 0 unspecified atom stereocenters. The molecule has 0 spiro atoms. The lowest BCUT2D eigenvalue weighted by Gasteiger charge is -2.14. The molecule has 4 nitrogen and oxygen atoms in total. The highest BCUT2D eigenvalue weighted by molar-refractivity contribution is 6.32. The highest BCUT2D eigenvalue weighted by Gasteiger charge is 2.11. The van der Waals surface area contributed by atoms with Crippen molar-refractivity contribution in [2.45, 2.75) is 0 Å². The minimum atomic E-state index is -0.253. The Bertz CT molecular complexity index is 340. The van der Waals surface area contributed by atoms with E-state index in [0.717, 1.165) is 0 Å². The third-order valence-corrected chi connectivity index (χ3v) is 1.80. The summed E-state index contributed by atoms with van der Waals surface area (Å²) in [4.78, 5) is 20.0. The zero-order valence-electron chi connectivity index (χ0n) is 7.07. The molecule has 1 aromatic heterocycles. The fraction of sp³-hybridized carbons (Fsp3) is 0.125. The Hall–Kier alpha value is -1.42. The average molecular weight is 198 g/mol. The van der Waals surface area contributed by atoms with Crippen molar-refractivity contribution in [1.29, 1.82) is 0 Å². The summed E-state index contributed by atoms with van der Waals surface area (Å²) < 4.78 is 0. The van der Waals surface area contributed by atoms with Gasteiger partial charge in [0.25, 0.3) is 0 Å². The van der Waals surface area contributed by atoms with E-state index in [1.54, 1.807) is 7.05 Å². The van der Waals surface area contributed by atoms with E-state index in [-0.39, 0.29) is 11.1 Å². The van der Waals surface area contributed by atoms with Crippen molar-refractivity contribution < 1.29 is 4.79 Å². The van der Waals surface area contributed by atoms with Crippen molar-refractivity contribution in [1.82, 2.24) is 9.97 Å². The summed E-state index contributed by atoms with van der Waals surface area (Å²) in [5, 5.41) is 0.243. The predicted molar refractivity (Wildman–Crippen MR) is 50.6 cm³/mol. The molecule has 0 saturated heterocycles. The fourth-order valence-corrected chi connectivity index (χ4v) is 1.01. The number of halogens is 1. The third-order valence-electron chi connectivity index (χ3n) is 1.51. The van der Waals surface area contributed by atoms with Gasteiger partial charge in [0.15, 0.2) is 5.15 Å². The molecule has 1 heterocycles. The van der Waals surface area contributed by atoms with Crippen molar-refractivity contribution in [3.63, 3.8) is 0 Å². The number of rotatable bonds is 2. The van der Waals surface area contributed by atoms with E-state index >= 15 is 0 Å². The molecule has 1 aromatic rings. The maximum absolute atomic E-state index is 11.2. The largest absolute Gasteiger partial charge is 0.308 e. The molecule has 1 amide bonds. The number of aromatic nitrogens is 2. The molecule has 0 fully saturated rings. The summed E-state index contributed by atoms with van der Waals surface area (Å²) >= 11 is 5.74. The molecule has 68 valence electrons. The van der Waals surface area contributed by atoms with Gasteiger partial charge in [0.1, 0.15) is 6.33 Å². The molecular formula is C8H8ClN3O. The summed E-state index contributed by atoms with van der Waals surface area (Å²) in [5.74, 6) is -0.253. The first-order valence-corrected chi connectivity index (χ1v) is 3.90. The van der Waals surface area contributed by atoms with Crippen LogP contribution in [0, 0.1) is 0 Å². The van der Waals surface area contributed by atoms with Crippen LogP contribution in [-0.4, -0.2) is 22.9 Å². The first kappa shape index (κ1) is 9.67. The van der Waals surface area contributed by atoms with Gasteiger partial charge < -0.3 is 4.90 Å². The first-order valence-electron chi connectivity index (χ1n) is 3.52. The lowest BCUT2D eigenvalue weighted by atomic mass is 10.4. The second-order valence-corrected chi connectivity index (χ2v) is 2.66. The number of amides is 1. The smallest absolute Gasteiger partial charge is 0.250 e. The van der Waals surface area contributed by atoms with Crippen LogP contribution in [0.25, 0.3) is 0 Å². The van der Waals surface area contributed by atoms with E-state index in [9.17, 15) is 4.79 Å². The van der Waals surface area contributed by atoms with Crippen LogP contribution in [-0.2, 0) is 4.79 Å². The normalized spacial score (nSPS) is 9.38. The Balaban J connectivity index is 3.01. The highest BCUT2D eigenvalue weighted by Crippen LogP contribution is 2.20. The minimum absolute atomic E-state index is 0.243. The predicted octanol–water partition coefficient (Wildman–Crippen LogP) is 1.28. The maximum Gasteiger partial charge on any atom is 0.250 e. The lowest BCUT2D eigenvalue weighted by molar-refractivity contribution is -0.113. The summed E-state index contributed by atoms with van der Waals surface area (Å²) in [6, 6.07) is 0. The maximum atomic E-state index is 11.2. The summed E-state index contributed by atoms with van der Waals surface area (Å²) in [6.45, 7) is 3.36. The van der Waals surface area contributed by atoms with Gasteiger partial charge in [0.05, 0.1) is 11.9 Å². The Morgan fingerprint density at radius 2 is 2.46 bits per heavy atom. The SMILES string of the molecule is C=CC(=O)N(C)c1cncnc1Cl. The number of anilines is 1. The standard InChI is InChI=1S/C8H8ClN3O/c1-3-7(13)12(2)6-4-10-5-11-8(6)9/h3-5H,1H2,2H3. The molecule has 0 aromatic carbocycles. The topological polar surface area (TPSA) is 46.1 Å². The quantitative estimate of drug-likeness (QED) is 0.530. The Morgan fingerprint density at radius 3 is 3.00 bits per heavy atom. The van der Waals surface area contributed by atoms with Crippen molar-refractivity contribution in [2.24, 2.45) is 0 Å². The molecule has 13 heavy (non-hydrogen) atoms. The number of carbonyl (C=O) groups excluding carboxylic acids is 1. The van der Waals surface area contributed by atoms with Gasteiger partial charge in [0.2, 0.25) is 5.91 Å². The van der Waals surface area contributed by atoms with Crippen molar-refractivity contribution in [2.75, 3.05) is 11.9 Å². The Morgan fingerprint density at radius 1 is 1.77 bits per heavy atom. The van der Waals surface area contributed by atoms with Crippen LogP contribution in [0.4, 0.5) is 5.69 Å². The van der Waals surface area contributed by atoms with Crippen LogP contribution in [0.1, 0.15) is 0 Å². The molecule has 0 aliphatic heterocycles. The molecular weight excluding hydrogens is 190 g/mol. The third kappa shape index (κ3) is 2.03. The van der Waals surface area contributed by atoms with Crippen LogP contribution in [0.3, 0.4) is 0 Å². The first-order chi connectivity index (χ1) is 6.16. The van der Waals surface area contributed by atoms with E-state index in [2.05, 4.69) is 16.5 Å². The van der Waals surface area contributed by atoms with Crippen LogP contribution in [0.5, 0.6) is 0 Å². The van der Waals surface area contributed by atoms with Gasteiger partial charge >= 0.3 is 0 Å². The number of likely N-dealkylation sites (N-methyl/N-ethyl adjacent to an activating group) is 1. The molecule has 0 radical (unpaired) electrons. The van der Waals surface area contributed by atoms with E-state index < -0.39 is 0 Å². The highest BCUT2D eigenvalue weighted by atomic mass is 35.5. The van der Waals surface area contributed by atoms with Gasteiger partial charge in [-0.15, -0.1) is 0 Å². The molecule has 1 rings (SSSR count). The number of carbonyl (C=O) groups is 1. The number of hydrogen-bond donors (Lipinski definition) is 0. The lowest BCUT2D eigenvalue weighted by Crippen LogP contribution is -2.24. The van der Waals surface area contributed by atoms with Gasteiger partial charge in [-0.1, -0.05) is 18.2 Å². The molecule has 0 aliphatic carbocycles. The van der Waals surface area contributed by atoms with Gasteiger partial charge in [-0.25, -0.2) is 9.97 Å². The zero-order chi connectivity index (χ0) is 9.84. The second kappa shape index (κ2) is 4.00. The second-order valence-electron chi connectivity index (χ2n) is 2.30. The monoisotopic (exact) mass is 197 g/mol. The van der Waals surface area contributed by atoms with Crippen molar-refractivity contribution in [3.05, 3.63) is 30.3 Å². The average Bonchev–Trinajstić information content (AvgIpc) is 2.16. The van der Waals surface area contributed by atoms with Crippen LogP contribution in [0.2, 0.25) is 5.15 Å². The molecule has 0 bridgehead atoms.